The van der Waals surface area contributed by atoms with Crippen LogP contribution >= 0.6 is 0 Å². The Labute approximate surface area is 164 Å². The first-order chi connectivity index (χ1) is 13.9. The first-order valence-corrected chi connectivity index (χ1v) is 9.36. The highest BCUT2D eigenvalue weighted by molar-refractivity contribution is 5.86. The van der Waals surface area contributed by atoms with Crippen molar-refractivity contribution in [3.05, 3.63) is 109 Å². The van der Waals surface area contributed by atoms with Gasteiger partial charge in [0.1, 0.15) is 0 Å². The molecule has 0 saturated carbocycles. The van der Waals surface area contributed by atoms with Gasteiger partial charge in [0.05, 0.1) is 22.4 Å². The molecule has 0 unspecified atom stereocenters. The molecule has 5 aromatic rings. The fourth-order valence-corrected chi connectivity index (χ4v) is 3.45. The highest BCUT2D eigenvalue weighted by Crippen LogP contribution is 2.32. The molecule has 0 saturated heterocycles. The van der Waals surface area contributed by atoms with Gasteiger partial charge in [-0.05, 0) is 23.3 Å². The van der Waals surface area contributed by atoms with Crippen molar-refractivity contribution in [1.29, 1.82) is 0 Å². The molecule has 0 atom stereocenters. The molecule has 0 aliphatic carbocycles. The van der Waals surface area contributed by atoms with Crippen LogP contribution in [-0.2, 0) is 0 Å². The van der Waals surface area contributed by atoms with E-state index in [0.717, 1.165) is 33.5 Å². The van der Waals surface area contributed by atoms with E-state index in [1.165, 1.54) is 11.1 Å². The van der Waals surface area contributed by atoms with Crippen molar-refractivity contribution in [1.82, 2.24) is 9.97 Å². The summed E-state index contributed by atoms with van der Waals surface area (Å²) in [4.78, 5) is 9.90. The van der Waals surface area contributed by atoms with Crippen LogP contribution in [0.4, 0.5) is 0 Å². The molecule has 132 valence electrons. The van der Waals surface area contributed by atoms with Crippen molar-refractivity contribution in [3.8, 4) is 33.6 Å². The third-order valence-electron chi connectivity index (χ3n) is 4.88. The number of hydrogen-bond acceptors (Lipinski definition) is 2. The van der Waals surface area contributed by atoms with Gasteiger partial charge in [0.25, 0.3) is 0 Å². The molecule has 0 amide bonds. The molecule has 0 aliphatic rings. The zero-order valence-corrected chi connectivity index (χ0v) is 15.3. The predicted octanol–water partition coefficient (Wildman–Crippen LogP) is 6.63. The number of aromatic nitrogens is 2. The number of rotatable bonds is 3. The lowest BCUT2D eigenvalue weighted by Gasteiger charge is -2.11. The van der Waals surface area contributed by atoms with Gasteiger partial charge in [-0.2, -0.15) is 0 Å². The van der Waals surface area contributed by atoms with Crippen LogP contribution < -0.4 is 0 Å². The second-order valence-corrected chi connectivity index (χ2v) is 6.72. The Morgan fingerprint density at radius 1 is 0.321 bits per heavy atom. The fourth-order valence-electron chi connectivity index (χ4n) is 3.45. The minimum absolute atomic E-state index is 0.907. The molecule has 5 rings (SSSR count). The minimum atomic E-state index is 0.907. The Hall–Kier alpha value is -3.78. The van der Waals surface area contributed by atoms with Crippen LogP contribution in [0.3, 0.4) is 0 Å². The Bertz CT molecular complexity index is 1230. The second kappa shape index (κ2) is 7.09. The summed E-state index contributed by atoms with van der Waals surface area (Å²) in [5.41, 5.74) is 8.17. The topological polar surface area (TPSA) is 25.8 Å². The van der Waals surface area contributed by atoms with E-state index in [2.05, 4.69) is 60.7 Å². The van der Waals surface area contributed by atoms with E-state index in [9.17, 15) is 0 Å². The van der Waals surface area contributed by atoms with Crippen molar-refractivity contribution in [2.24, 2.45) is 0 Å². The molecule has 0 bridgehead atoms. The minimum Gasteiger partial charge on any atom is -0.244 e. The first-order valence-electron chi connectivity index (χ1n) is 9.36. The quantitative estimate of drug-likeness (QED) is 0.362. The van der Waals surface area contributed by atoms with Crippen LogP contribution in [0.2, 0.25) is 0 Å². The lowest BCUT2D eigenvalue weighted by molar-refractivity contribution is 1.29. The average Bonchev–Trinajstić information content (AvgIpc) is 2.79. The maximum Gasteiger partial charge on any atom is 0.0973 e. The molecular weight excluding hydrogens is 340 g/mol. The van der Waals surface area contributed by atoms with Gasteiger partial charge in [0, 0.05) is 11.1 Å². The van der Waals surface area contributed by atoms with Gasteiger partial charge in [0.2, 0.25) is 0 Å². The molecule has 4 aromatic carbocycles. The summed E-state index contributed by atoms with van der Waals surface area (Å²) in [6.45, 7) is 0. The van der Waals surface area contributed by atoms with Crippen molar-refractivity contribution in [2.45, 2.75) is 0 Å². The molecule has 28 heavy (non-hydrogen) atoms. The summed E-state index contributed by atoms with van der Waals surface area (Å²) >= 11 is 0. The molecule has 2 nitrogen and oxygen atoms in total. The lowest BCUT2D eigenvalue weighted by Crippen LogP contribution is -1.95. The zero-order chi connectivity index (χ0) is 18.8. The molecule has 0 aliphatic heterocycles. The maximum absolute atomic E-state index is 4.96. The van der Waals surface area contributed by atoms with Crippen molar-refractivity contribution < 1.29 is 0 Å². The van der Waals surface area contributed by atoms with Crippen LogP contribution in [0.1, 0.15) is 0 Å². The van der Waals surface area contributed by atoms with Gasteiger partial charge in [-0.25, -0.2) is 9.97 Å². The first kappa shape index (κ1) is 16.4. The summed E-state index contributed by atoms with van der Waals surface area (Å²) in [7, 11) is 0. The average molecular weight is 358 g/mol. The third-order valence-corrected chi connectivity index (χ3v) is 4.88. The fraction of sp³-hybridized carbons (Fsp3) is 0. The van der Waals surface area contributed by atoms with E-state index in [-0.39, 0.29) is 0 Å². The Balaban J connectivity index is 1.67. The number of fused-ring (bicyclic) bond motifs is 1. The summed E-state index contributed by atoms with van der Waals surface area (Å²) < 4.78 is 0. The van der Waals surface area contributed by atoms with Gasteiger partial charge in [-0.1, -0.05) is 97.1 Å². The van der Waals surface area contributed by atoms with Crippen LogP contribution in [0, 0.1) is 0 Å². The Morgan fingerprint density at radius 2 is 0.679 bits per heavy atom. The molecule has 0 radical (unpaired) electrons. The van der Waals surface area contributed by atoms with Crippen molar-refractivity contribution in [2.75, 3.05) is 0 Å². The van der Waals surface area contributed by atoms with Gasteiger partial charge in [-0.15, -0.1) is 0 Å². The zero-order valence-electron chi connectivity index (χ0n) is 15.3. The Morgan fingerprint density at radius 3 is 1.21 bits per heavy atom. The third kappa shape index (κ3) is 3.06. The number of nitrogens with zero attached hydrogens (tertiary/aromatic N) is 2. The SMILES string of the molecule is c1ccc(-c2ccc(-c3nc4ccccc4nc3-c3ccccc3)cc2)cc1. The van der Waals surface area contributed by atoms with Gasteiger partial charge in [-0.3, -0.25) is 0 Å². The van der Waals surface area contributed by atoms with Crippen LogP contribution in [0.5, 0.6) is 0 Å². The largest absolute Gasteiger partial charge is 0.244 e. The summed E-state index contributed by atoms with van der Waals surface area (Å²) in [6, 6.07) is 37.3. The van der Waals surface area contributed by atoms with E-state index in [1.807, 2.05) is 48.5 Å². The van der Waals surface area contributed by atoms with E-state index >= 15 is 0 Å². The second-order valence-electron chi connectivity index (χ2n) is 6.72. The maximum atomic E-state index is 4.96. The molecule has 1 heterocycles. The lowest BCUT2D eigenvalue weighted by atomic mass is 10.00. The Kier molecular flexibility index (Phi) is 4.15. The molecule has 0 N–H and O–H groups in total. The highest BCUT2D eigenvalue weighted by Gasteiger charge is 2.13. The normalized spacial score (nSPS) is 10.9. The van der Waals surface area contributed by atoms with Crippen molar-refractivity contribution in [3.63, 3.8) is 0 Å². The smallest absolute Gasteiger partial charge is 0.0973 e. The van der Waals surface area contributed by atoms with Crippen LogP contribution in [0.25, 0.3) is 44.7 Å². The highest BCUT2D eigenvalue weighted by atomic mass is 14.8. The van der Waals surface area contributed by atoms with Gasteiger partial charge >= 0.3 is 0 Å². The van der Waals surface area contributed by atoms with E-state index in [0.29, 0.717) is 0 Å². The molecule has 1 aromatic heterocycles. The molecule has 2 heteroatoms. The van der Waals surface area contributed by atoms with Crippen LogP contribution in [-0.4, -0.2) is 9.97 Å². The van der Waals surface area contributed by atoms with Crippen molar-refractivity contribution >= 4 is 11.0 Å². The van der Waals surface area contributed by atoms with Gasteiger partial charge in [0.15, 0.2) is 0 Å². The number of para-hydroxylation sites is 2. The number of hydrogen-bond donors (Lipinski definition) is 0. The van der Waals surface area contributed by atoms with E-state index in [1.54, 1.807) is 0 Å². The van der Waals surface area contributed by atoms with E-state index in [4.69, 9.17) is 9.97 Å². The summed E-state index contributed by atoms with van der Waals surface area (Å²) in [6.07, 6.45) is 0. The molecule has 0 spiro atoms. The van der Waals surface area contributed by atoms with Gasteiger partial charge < -0.3 is 0 Å². The monoisotopic (exact) mass is 358 g/mol. The standard InChI is InChI=1S/C26H18N2/c1-3-9-19(10-4-1)20-15-17-22(18-16-20)26-25(21-11-5-2-6-12-21)27-23-13-7-8-14-24(23)28-26/h1-18H. The predicted molar refractivity (Wildman–Crippen MR) is 116 cm³/mol. The molecular formula is C26H18N2. The summed E-state index contributed by atoms with van der Waals surface area (Å²) in [5, 5.41) is 0. The summed E-state index contributed by atoms with van der Waals surface area (Å²) in [5.74, 6) is 0. The number of benzene rings is 4. The molecule has 0 fully saturated rings. The van der Waals surface area contributed by atoms with E-state index < -0.39 is 0 Å². The van der Waals surface area contributed by atoms with Crippen LogP contribution in [0.15, 0.2) is 109 Å².